The highest BCUT2D eigenvalue weighted by Crippen LogP contribution is 2.16. The predicted molar refractivity (Wildman–Crippen MR) is 66.8 cm³/mol. The maximum atomic E-state index is 10.9. The molecule has 2 N–H and O–H groups in total. The zero-order valence-electron chi connectivity index (χ0n) is 10.7. The van der Waals surface area contributed by atoms with Crippen LogP contribution >= 0.6 is 0 Å². The van der Waals surface area contributed by atoms with Crippen molar-refractivity contribution in [3.05, 3.63) is 11.8 Å². The van der Waals surface area contributed by atoms with E-state index in [4.69, 9.17) is 4.55 Å². The summed E-state index contributed by atoms with van der Waals surface area (Å²) in [5.41, 5.74) is 0.343. The van der Waals surface area contributed by atoms with Crippen molar-refractivity contribution in [2.24, 2.45) is 5.92 Å². The molecule has 0 spiro atoms. The lowest BCUT2D eigenvalue weighted by molar-refractivity contribution is 0.409. The summed E-state index contributed by atoms with van der Waals surface area (Å²) in [5.74, 6) is 0.0546. The second-order valence-corrected chi connectivity index (χ2v) is 6.24. The number of allylic oxidation sites excluding steroid dienone is 2. The van der Waals surface area contributed by atoms with Crippen LogP contribution < -0.4 is 5.32 Å². The van der Waals surface area contributed by atoms with Crippen LogP contribution in [-0.2, 0) is 10.1 Å². The molecule has 0 radical (unpaired) electrons. The van der Waals surface area contributed by atoms with E-state index >= 15 is 0 Å². The molecule has 16 heavy (non-hydrogen) atoms. The van der Waals surface area contributed by atoms with Crippen LogP contribution in [0.5, 0.6) is 0 Å². The fourth-order valence-corrected chi connectivity index (χ4v) is 2.57. The first-order chi connectivity index (χ1) is 7.11. The van der Waals surface area contributed by atoms with Crippen molar-refractivity contribution in [2.45, 2.75) is 46.6 Å². The molecular weight excluding hydrogens is 226 g/mol. The van der Waals surface area contributed by atoms with Gasteiger partial charge in [0.2, 0.25) is 0 Å². The molecule has 0 amide bonds. The summed E-state index contributed by atoms with van der Waals surface area (Å²) in [6.07, 6.45) is 2.93. The summed E-state index contributed by atoms with van der Waals surface area (Å²) in [6.45, 7) is 9.58. The zero-order valence-corrected chi connectivity index (χ0v) is 11.6. The predicted octanol–water partition coefficient (Wildman–Crippen LogP) is 2.19. The van der Waals surface area contributed by atoms with Gasteiger partial charge >= 0.3 is 0 Å². The van der Waals surface area contributed by atoms with Gasteiger partial charge < -0.3 is 5.32 Å². The number of hydrogen-bond donors (Lipinski definition) is 2. The Labute approximate surface area is 98.9 Å². The largest absolute Gasteiger partial charge is 0.382 e. The summed E-state index contributed by atoms with van der Waals surface area (Å²) in [6, 6.07) is 0. The van der Waals surface area contributed by atoms with Gasteiger partial charge in [0.25, 0.3) is 10.1 Å². The molecule has 0 fully saturated rings. The fraction of sp³-hybridized carbons (Fsp3) is 0.818. The summed E-state index contributed by atoms with van der Waals surface area (Å²) in [5, 5.41) is 3.17. The molecule has 1 atom stereocenters. The lowest BCUT2D eigenvalue weighted by atomic mass is 10.0. The molecule has 0 saturated carbocycles. The van der Waals surface area contributed by atoms with Gasteiger partial charge in [-0.25, -0.2) is 0 Å². The van der Waals surface area contributed by atoms with E-state index in [-0.39, 0.29) is 5.75 Å². The molecule has 0 rings (SSSR count). The fourth-order valence-electron chi connectivity index (χ4n) is 1.58. The number of rotatable bonds is 6. The van der Waals surface area contributed by atoms with Crippen LogP contribution in [0, 0.1) is 5.92 Å². The molecule has 0 heterocycles. The van der Waals surface area contributed by atoms with Gasteiger partial charge in [0.1, 0.15) is 0 Å². The highest BCUT2D eigenvalue weighted by atomic mass is 32.2. The van der Waals surface area contributed by atoms with Crippen molar-refractivity contribution in [3.8, 4) is 0 Å². The van der Waals surface area contributed by atoms with E-state index in [1.54, 1.807) is 13.8 Å². The third-order valence-corrected chi connectivity index (χ3v) is 3.57. The van der Waals surface area contributed by atoms with Crippen LogP contribution in [-0.4, -0.2) is 24.3 Å². The molecule has 96 valence electrons. The number of nitrogens with one attached hydrogen (secondary N) is 1. The van der Waals surface area contributed by atoms with Gasteiger partial charge in [0.05, 0.1) is 5.75 Å². The molecule has 0 aromatic heterocycles. The van der Waals surface area contributed by atoms with Crippen LogP contribution in [0.3, 0.4) is 0 Å². The van der Waals surface area contributed by atoms with Crippen LogP contribution in [0.15, 0.2) is 11.8 Å². The minimum atomic E-state index is -3.96. The van der Waals surface area contributed by atoms with Gasteiger partial charge in [-0.3, -0.25) is 4.55 Å². The molecule has 0 aliphatic carbocycles. The lowest BCUT2D eigenvalue weighted by Crippen LogP contribution is -2.45. The van der Waals surface area contributed by atoms with Crippen molar-refractivity contribution in [3.63, 3.8) is 0 Å². The van der Waals surface area contributed by atoms with E-state index in [1.807, 2.05) is 13.0 Å². The van der Waals surface area contributed by atoms with Crippen molar-refractivity contribution < 1.29 is 13.0 Å². The monoisotopic (exact) mass is 249 g/mol. The number of hydrogen-bond acceptors (Lipinski definition) is 3. The van der Waals surface area contributed by atoms with E-state index < -0.39 is 15.7 Å². The Balaban J connectivity index is 4.69. The summed E-state index contributed by atoms with van der Waals surface area (Å²) in [7, 11) is -3.96. The Kier molecular flexibility index (Phi) is 5.49. The third-order valence-electron chi connectivity index (χ3n) is 2.48. The minimum absolute atomic E-state index is 0.298. The molecular formula is C11H23NO3S. The summed E-state index contributed by atoms with van der Waals surface area (Å²) >= 11 is 0. The first-order valence-corrected chi connectivity index (χ1v) is 7.11. The summed E-state index contributed by atoms with van der Waals surface area (Å²) < 4.78 is 30.6. The molecule has 5 heteroatoms. The SMILES string of the molecule is C/C=C(/NC(C)(C)CS(=O)(=O)O)C(C)CC. The quantitative estimate of drug-likeness (QED) is 0.708. The maximum absolute atomic E-state index is 10.9. The van der Waals surface area contributed by atoms with Crippen LogP contribution in [0.4, 0.5) is 0 Å². The molecule has 4 nitrogen and oxygen atoms in total. The van der Waals surface area contributed by atoms with Crippen molar-refractivity contribution in [1.82, 2.24) is 5.32 Å². The Hall–Kier alpha value is -0.550. The van der Waals surface area contributed by atoms with Gasteiger partial charge in [-0.1, -0.05) is 19.9 Å². The Morgan fingerprint density at radius 2 is 2.00 bits per heavy atom. The Morgan fingerprint density at radius 1 is 1.50 bits per heavy atom. The molecule has 0 aromatic rings. The molecule has 0 aromatic carbocycles. The van der Waals surface area contributed by atoms with Crippen LogP contribution in [0.25, 0.3) is 0 Å². The van der Waals surface area contributed by atoms with E-state index in [0.717, 1.165) is 12.1 Å². The third kappa shape index (κ3) is 6.12. The Bertz CT molecular complexity index is 344. The van der Waals surface area contributed by atoms with Crippen molar-refractivity contribution in [1.29, 1.82) is 0 Å². The highest BCUT2D eigenvalue weighted by molar-refractivity contribution is 7.85. The van der Waals surface area contributed by atoms with Gasteiger partial charge in [-0.2, -0.15) is 8.42 Å². The van der Waals surface area contributed by atoms with Gasteiger partial charge in [0, 0.05) is 11.2 Å². The van der Waals surface area contributed by atoms with Gasteiger partial charge in [-0.15, -0.1) is 0 Å². The normalized spacial score (nSPS) is 16.0. The van der Waals surface area contributed by atoms with Crippen LogP contribution in [0.2, 0.25) is 0 Å². The van der Waals surface area contributed by atoms with Crippen LogP contribution in [0.1, 0.15) is 41.0 Å². The maximum Gasteiger partial charge on any atom is 0.267 e. The van der Waals surface area contributed by atoms with Crippen molar-refractivity contribution in [2.75, 3.05) is 5.75 Å². The summed E-state index contributed by atoms with van der Waals surface area (Å²) in [4.78, 5) is 0. The van der Waals surface area contributed by atoms with E-state index in [9.17, 15) is 8.42 Å². The van der Waals surface area contributed by atoms with E-state index in [2.05, 4.69) is 19.2 Å². The van der Waals surface area contributed by atoms with E-state index in [1.165, 1.54) is 0 Å². The Morgan fingerprint density at radius 3 is 2.31 bits per heavy atom. The lowest BCUT2D eigenvalue weighted by Gasteiger charge is -2.30. The molecule has 0 aliphatic rings. The minimum Gasteiger partial charge on any atom is -0.382 e. The van der Waals surface area contributed by atoms with Crippen molar-refractivity contribution >= 4 is 10.1 Å². The highest BCUT2D eigenvalue weighted by Gasteiger charge is 2.26. The average Bonchev–Trinajstić information content (AvgIpc) is 2.09. The van der Waals surface area contributed by atoms with Gasteiger partial charge in [-0.05, 0) is 33.1 Å². The first kappa shape index (κ1) is 15.4. The van der Waals surface area contributed by atoms with E-state index in [0.29, 0.717) is 5.92 Å². The second kappa shape index (κ2) is 5.68. The molecule has 0 saturated heterocycles. The van der Waals surface area contributed by atoms with Gasteiger partial charge in [0.15, 0.2) is 0 Å². The molecule has 0 bridgehead atoms. The topological polar surface area (TPSA) is 66.4 Å². The smallest absolute Gasteiger partial charge is 0.267 e. The standard InChI is InChI=1S/C11H23NO3S/c1-6-9(3)10(7-2)12-11(4,5)8-16(13,14)15/h7,9,12H,6,8H2,1-5H3,(H,13,14,15)/b10-7+. The molecule has 0 aliphatic heterocycles. The second-order valence-electron chi connectivity index (χ2n) is 4.79. The molecule has 1 unspecified atom stereocenters. The first-order valence-electron chi connectivity index (χ1n) is 5.51. The zero-order chi connectivity index (χ0) is 13.0. The average molecular weight is 249 g/mol.